The number of hydrogen-bond acceptors (Lipinski definition) is 3. The van der Waals surface area contributed by atoms with Crippen molar-refractivity contribution in [2.75, 3.05) is 0 Å². The van der Waals surface area contributed by atoms with Crippen LogP contribution in [-0.2, 0) is 20.7 Å². The highest BCUT2D eigenvalue weighted by Crippen LogP contribution is 2.22. The fraction of sp³-hybridized carbons (Fsp3) is 0.286. The van der Waals surface area contributed by atoms with E-state index in [2.05, 4.69) is 0 Å². The zero-order valence-electron chi connectivity index (χ0n) is 11.5. The number of rotatable bonds is 3. The minimum absolute atomic E-state index is 0.143. The topological polar surface area (TPSA) is 53.2 Å². The van der Waals surface area contributed by atoms with Gasteiger partial charge in [-0.05, 0) is 30.7 Å². The lowest BCUT2D eigenvalue weighted by atomic mass is 10.2. The van der Waals surface area contributed by atoms with Crippen molar-refractivity contribution in [3.05, 3.63) is 61.4 Å². The minimum atomic E-state index is -0.371. The second-order valence-electron chi connectivity index (χ2n) is 4.57. The van der Waals surface area contributed by atoms with E-state index in [0.29, 0.717) is 16.5 Å². The van der Waals surface area contributed by atoms with Gasteiger partial charge in [-0.1, -0.05) is 11.6 Å². The molecule has 6 heteroatoms. The number of benzene rings is 1. The van der Waals surface area contributed by atoms with E-state index in [9.17, 15) is 9.59 Å². The van der Waals surface area contributed by atoms with Crippen molar-refractivity contribution < 1.29 is 4.74 Å². The fourth-order valence-electron chi connectivity index (χ4n) is 1.84. The summed E-state index contributed by atoms with van der Waals surface area (Å²) in [5.41, 5.74) is 0.697. The van der Waals surface area contributed by atoms with Crippen molar-refractivity contribution >= 4 is 11.6 Å². The molecule has 20 heavy (non-hydrogen) atoms. The first-order chi connectivity index (χ1) is 9.40. The lowest BCUT2D eigenvalue weighted by Gasteiger charge is -2.12. The van der Waals surface area contributed by atoms with Crippen LogP contribution in [0.3, 0.4) is 0 Å². The normalized spacial score (nSPS) is 10.6. The van der Waals surface area contributed by atoms with E-state index in [1.54, 1.807) is 25.2 Å². The molecule has 0 aliphatic heterocycles. The van der Waals surface area contributed by atoms with E-state index in [-0.39, 0.29) is 17.9 Å². The predicted octanol–water partition coefficient (Wildman–Crippen LogP) is 1.62. The Labute approximate surface area is 121 Å². The molecule has 1 heterocycles. The molecule has 0 fully saturated rings. The number of aryl methyl sites for hydroxylation is 1. The third-order valence-electron chi connectivity index (χ3n) is 3.14. The molecule has 0 saturated heterocycles. The molecule has 1 aromatic carbocycles. The first kappa shape index (κ1) is 14.4. The molecule has 5 nitrogen and oxygen atoms in total. The Morgan fingerprint density at radius 1 is 1.15 bits per heavy atom. The van der Waals surface area contributed by atoms with Crippen molar-refractivity contribution in [1.29, 1.82) is 0 Å². The van der Waals surface area contributed by atoms with Gasteiger partial charge in [-0.15, -0.1) is 0 Å². The third kappa shape index (κ3) is 2.77. The number of nitrogens with zero attached hydrogens (tertiary/aromatic N) is 2. The Kier molecular flexibility index (Phi) is 3.99. The first-order valence-corrected chi connectivity index (χ1v) is 6.43. The van der Waals surface area contributed by atoms with Crippen LogP contribution in [0.15, 0.2) is 33.9 Å². The van der Waals surface area contributed by atoms with Crippen molar-refractivity contribution in [3.63, 3.8) is 0 Å². The van der Waals surface area contributed by atoms with Crippen molar-refractivity contribution in [3.8, 4) is 5.75 Å². The molecule has 0 bridgehead atoms. The van der Waals surface area contributed by atoms with E-state index < -0.39 is 0 Å². The molecule has 0 amide bonds. The molecule has 0 radical (unpaired) electrons. The molecule has 1 aromatic heterocycles. The summed E-state index contributed by atoms with van der Waals surface area (Å²) >= 11 is 5.87. The van der Waals surface area contributed by atoms with Crippen LogP contribution in [0.1, 0.15) is 11.3 Å². The summed E-state index contributed by atoms with van der Waals surface area (Å²) in [6, 6.07) is 6.68. The molecule has 2 aromatic rings. The Morgan fingerprint density at radius 2 is 1.85 bits per heavy atom. The van der Waals surface area contributed by atoms with Gasteiger partial charge in [-0.2, -0.15) is 0 Å². The van der Waals surface area contributed by atoms with Crippen LogP contribution in [-0.4, -0.2) is 9.13 Å². The van der Waals surface area contributed by atoms with Crippen LogP contribution in [0.2, 0.25) is 5.02 Å². The molecule has 0 N–H and O–H groups in total. The second kappa shape index (κ2) is 5.54. The monoisotopic (exact) mass is 294 g/mol. The largest absolute Gasteiger partial charge is 0.487 e. The van der Waals surface area contributed by atoms with Crippen molar-refractivity contribution in [2.24, 2.45) is 14.1 Å². The van der Waals surface area contributed by atoms with Gasteiger partial charge in [0.1, 0.15) is 12.4 Å². The van der Waals surface area contributed by atoms with Gasteiger partial charge >= 0.3 is 5.69 Å². The average Bonchev–Trinajstić information content (AvgIpc) is 2.40. The van der Waals surface area contributed by atoms with E-state index in [1.807, 2.05) is 6.92 Å². The number of aromatic nitrogens is 2. The summed E-state index contributed by atoms with van der Waals surface area (Å²) in [4.78, 5) is 23.4. The second-order valence-corrected chi connectivity index (χ2v) is 5.01. The lowest BCUT2D eigenvalue weighted by Crippen LogP contribution is -2.38. The highest BCUT2D eigenvalue weighted by molar-refractivity contribution is 6.30. The number of ether oxygens (including phenoxy) is 1. The van der Waals surface area contributed by atoms with Gasteiger partial charge < -0.3 is 4.74 Å². The van der Waals surface area contributed by atoms with Crippen LogP contribution in [0, 0.1) is 6.92 Å². The van der Waals surface area contributed by atoms with Crippen molar-refractivity contribution in [2.45, 2.75) is 13.5 Å². The van der Waals surface area contributed by atoms with E-state index in [0.717, 1.165) is 10.1 Å². The van der Waals surface area contributed by atoms with E-state index in [4.69, 9.17) is 16.3 Å². The Bertz CT molecular complexity index is 762. The summed E-state index contributed by atoms with van der Waals surface area (Å²) < 4.78 is 8.09. The summed E-state index contributed by atoms with van der Waals surface area (Å²) in [6.45, 7) is 2.02. The molecule has 0 saturated carbocycles. The molecule has 106 valence electrons. The molecule has 0 unspecified atom stereocenters. The fourth-order valence-corrected chi connectivity index (χ4v) is 2.07. The van der Waals surface area contributed by atoms with E-state index >= 15 is 0 Å². The van der Waals surface area contributed by atoms with E-state index in [1.165, 1.54) is 17.7 Å². The average molecular weight is 295 g/mol. The molecule has 0 spiro atoms. The molecular formula is C14H15ClN2O3. The zero-order chi connectivity index (χ0) is 14.9. The SMILES string of the molecule is Cc1cc(Cl)ccc1OCc1cc(=O)n(C)c(=O)n1C. The number of hydrogen-bond donors (Lipinski definition) is 0. The van der Waals surface area contributed by atoms with Crippen LogP contribution >= 0.6 is 11.6 Å². The maximum atomic E-state index is 11.8. The maximum Gasteiger partial charge on any atom is 0.330 e. The minimum Gasteiger partial charge on any atom is -0.487 e. The quantitative estimate of drug-likeness (QED) is 0.864. The lowest BCUT2D eigenvalue weighted by molar-refractivity contribution is 0.291. The van der Waals surface area contributed by atoms with Gasteiger partial charge in [0.05, 0.1) is 5.69 Å². The van der Waals surface area contributed by atoms with Gasteiger partial charge in [0.15, 0.2) is 0 Å². The summed E-state index contributed by atoms with van der Waals surface area (Å²) in [6.07, 6.45) is 0. The smallest absolute Gasteiger partial charge is 0.330 e. The number of halogens is 1. The maximum absolute atomic E-state index is 11.8. The summed E-state index contributed by atoms with van der Waals surface area (Å²) in [7, 11) is 3.05. The van der Waals surface area contributed by atoms with Crippen LogP contribution in [0.4, 0.5) is 0 Å². The predicted molar refractivity (Wildman–Crippen MR) is 77.4 cm³/mol. The van der Waals surface area contributed by atoms with Crippen LogP contribution in [0.5, 0.6) is 5.75 Å². The highest BCUT2D eigenvalue weighted by atomic mass is 35.5. The van der Waals surface area contributed by atoms with Gasteiger partial charge in [-0.3, -0.25) is 13.9 Å². The van der Waals surface area contributed by atoms with Gasteiger partial charge in [-0.25, -0.2) is 4.79 Å². The Hall–Kier alpha value is -2.01. The molecule has 0 atom stereocenters. The summed E-state index contributed by atoms with van der Waals surface area (Å²) in [5.74, 6) is 0.669. The molecule has 0 aliphatic carbocycles. The van der Waals surface area contributed by atoms with Gasteiger partial charge in [0.25, 0.3) is 5.56 Å². The Morgan fingerprint density at radius 3 is 2.50 bits per heavy atom. The van der Waals surface area contributed by atoms with Gasteiger partial charge in [0.2, 0.25) is 0 Å². The molecule has 0 aliphatic rings. The molecular weight excluding hydrogens is 280 g/mol. The van der Waals surface area contributed by atoms with Crippen molar-refractivity contribution in [1.82, 2.24) is 9.13 Å². The summed E-state index contributed by atoms with van der Waals surface area (Å²) in [5, 5.41) is 0.635. The standard InChI is InChI=1S/C14H15ClN2O3/c1-9-6-10(15)4-5-12(9)20-8-11-7-13(18)17(3)14(19)16(11)2/h4-7H,8H2,1-3H3. The third-order valence-corrected chi connectivity index (χ3v) is 3.37. The van der Waals surface area contributed by atoms with Crippen LogP contribution in [0.25, 0.3) is 0 Å². The van der Waals surface area contributed by atoms with Crippen LogP contribution < -0.4 is 16.0 Å². The van der Waals surface area contributed by atoms with Gasteiger partial charge in [0, 0.05) is 25.2 Å². The molecule has 2 rings (SSSR count). The zero-order valence-corrected chi connectivity index (χ0v) is 12.3. The highest BCUT2D eigenvalue weighted by Gasteiger charge is 2.07. The first-order valence-electron chi connectivity index (χ1n) is 6.05. The Balaban J connectivity index is 2.28.